The highest BCUT2D eigenvalue weighted by Gasteiger charge is 2.10. The van der Waals surface area contributed by atoms with Crippen LogP contribution in [0.3, 0.4) is 0 Å². The molecule has 0 heterocycles. The van der Waals surface area contributed by atoms with Gasteiger partial charge in [0.1, 0.15) is 5.75 Å². The maximum Gasteiger partial charge on any atom is 0.387 e. The molecule has 2 rings (SSSR count). The molecule has 0 aliphatic heterocycles. The van der Waals surface area contributed by atoms with Crippen LogP contribution in [0.5, 0.6) is 5.75 Å². The molecule has 2 N–H and O–H groups in total. The first-order valence-electron chi connectivity index (χ1n) is 7.63. The minimum atomic E-state index is -2.92. The molecule has 4 nitrogen and oxygen atoms in total. The summed E-state index contributed by atoms with van der Waals surface area (Å²) in [6, 6.07) is 13.8. The molecular formula is C18H20F2N2O2. The average Bonchev–Trinajstić information content (AvgIpc) is 2.54. The third kappa shape index (κ3) is 5.22. The van der Waals surface area contributed by atoms with Gasteiger partial charge in [-0.25, -0.2) is 0 Å². The normalized spacial score (nSPS) is 10.8. The molecule has 2 aromatic rings. The molecule has 0 aliphatic rings. The summed E-state index contributed by atoms with van der Waals surface area (Å²) in [7, 11) is 0. The number of anilines is 2. The largest absolute Gasteiger partial charge is 0.433 e. The third-order valence-corrected chi connectivity index (χ3v) is 3.40. The van der Waals surface area contributed by atoms with Crippen molar-refractivity contribution in [2.24, 2.45) is 0 Å². The lowest BCUT2D eigenvalue weighted by atomic mass is 10.0. The van der Waals surface area contributed by atoms with E-state index in [4.69, 9.17) is 0 Å². The average molecular weight is 334 g/mol. The standard InChI is InChI=1S/C18H20F2N2O2/c1-12(2)13-7-9-14(10-8-13)22-17(23)11-21-15-5-3-4-6-16(15)24-18(19)20/h3-10,12,18,21H,11H2,1-2H3,(H,22,23). The molecule has 0 saturated carbocycles. The van der Waals surface area contributed by atoms with E-state index in [0.29, 0.717) is 17.3 Å². The molecule has 0 bridgehead atoms. The summed E-state index contributed by atoms with van der Waals surface area (Å²) in [5.41, 5.74) is 2.20. The van der Waals surface area contributed by atoms with Crippen molar-refractivity contribution >= 4 is 17.3 Å². The molecule has 1 amide bonds. The van der Waals surface area contributed by atoms with Crippen LogP contribution in [-0.2, 0) is 4.79 Å². The number of amides is 1. The Labute approximate surface area is 139 Å². The highest BCUT2D eigenvalue weighted by Crippen LogP contribution is 2.25. The van der Waals surface area contributed by atoms with Crippen molar-refractivity contribution in [2.75, 3.05) is 17.2 Å². The highest BCUT2D eigenvalue weighted by molar-refractivity contribution is 5.93. The van der Waals surface area contributed by atoms with Gasteiger partial charge >= 0.3 is 6.61 Å². The SMILES string of the molecule is CC(C)c1ccc(NC(=O)CNc2ccccc2OC(F)F)cc1. The fraction of sp³-hybridized carbons (Fsp3) is 0.278. The molecular weight excluding hydrogens is 314 g/mol. The van der Waals surface area contributed by atoms with E-state index in [1.165, 1.54) is 11.6 Å². The summed E-state index contributed by atoms with van der Waals surface area (Å²) in [6.45, 7) is 1.21. The number of hydrogen-bond donors (Lipinski definition) is 2. The van der Waals surface area contributed by atoms with Gasteiger partial charge in [-0.2, -0.15) is 8.78 Å². The van der Waals surface area contributed by atoms with Crippen molar-refractivity contribution in [1.82, 2.24) is 0 Å². The van der Waals surface area contributed by atoms with Crippen LogP contribution in [0.2, 0.25) is 0 Å². The van der Waals surface area contributed by atoms with E-state index >= 15 is 0 Å². The zero-order valence-electron chi connectivity index (χ0n) is 13.6. The Hall–Kier alpha value is -2.63. The molecule has 2 aromatic carbocycles. The van der Waals surface area contributed by atoms with Crippen LogP contribution in [0, 0.1) is 0 Å². The smallest absolute Gasteiger partial charge is 0.387 e. The number of benzene rings is 2. The summed E-state index contributed by atoms with van der Waals surface area (Å²) < 4.78 is 29.1. The monoisotopic (exact) mass is 334 g/mol. The Balaban J connectivity index is 1.91. The van der Waals surface area contributed by atoms with E-state index in [2.05, 4.69) is 29.2 Å². The lowest BCUT2D eigenvalue weighted by molar-refractivity contribution is -0.114. The highest BCUT2D eigenvalue weighted by atomic mass is 19.3. The van der Waals surface area contributed by atoms with Gasteiger partial charge in [0.2, 0.25) is 5.91 Å². The molecule has 0 aromatic heterocycles. The number of para-hydroxylation sites is 2. The van der Waals surface area contributed by atoms with Gasteiger partial charge < -0.3 is 15.4 Å². The number of carbonyl (C=O) groups excluding carboxylic acids is 1. The second-order valence-corrected chi connectivity index (χ2v) is 5.55. The van der Waals surface area contributed by atoms with Gasteiger partial charge in [0, 0.05) is 5.69 Å². The van der Waals surface area contributed by atoms with Crippen LogP contribution in [0.1, 0.15) is 25.3 Å². The van der Waals surface area contributed by atoms with E-state index in [-0.39, 0.29) is 18.2 Å². The lowest BCUT2D eigenvalue weighted by Crippen LogP contribution is -2.22. The molecule has 24 heavy (non-hydrogen) atoms. The second kappa shape index (κ2) is 8.29. The summed E-state index contributed by atoms with van der Waals surface area (Å²) in [5.74, 6) is 0.142. The summed E-state index contributed by atoms with van der Waals surface area (Å²) in [4.78, 5) is 12.0. The number of carbonyl (C=O) groups is 1. The van der Waals surface area contributed by atoms with Gasteiger partial charge in [-0.05, 0) is 35.7 Å². The number of alkyl halides is 2. The molecule has 6 heteroatoms. The summed E-state index contributed by atoms with van der Waals surface area (Å²) in [5, 5.41) is 5.55. The van der Waals surface area contributed by atoms with Crippen LogP contribution in [0.15, 0.2) is 48.5 Å². The number of hydrogen-bond acceptors (Lipinski definition) is 3. The molecule has 0 fully saturated rings. The number of halogens is 2. The molecule has 128 valence electrons. The van der Waals surface area contributed by atoms with E-state index in [9.17, 15) is 13.6 Å². The lowest BCUT2D eigenvalue weighted by Gasteiger charge is -2.13. The van der Waals surface area contributed by atoms with Crippen LogP contribution in [0.25, 0.3) is 0 Å². The zero-order chi connectivity index (χ0) is 17.5. The van der Waals surface area contributed by atoms with Crippen molar-refractivity contribution in [3.63, 3.8) is 0 Å². The minimum absolute atomic E-state index is 0.00147. The van der Waals surface area contributed by atoms with Crippen LogP contribution in [-0.4, -0.2) is 19.1 Å². The van der Waals surface area contributed by atoms with Crippen molar-refractivity contribution in [3.8, 4) is 5.75 Å². The Bertz CT molecular complexity index is 673. The molecule has 0 spiro atoms. The molecule has 0 saturated heterocycles. The van der Waals surface area contributed by atoms with Gasteiger partial charge in [-0.1, -0.05) is 38.1 Å². The number of nitrogens with one attached hydrogen (secondary N) is 2. The number of ether oxygens (including phenoxy) is 1. The predicted molar refractivity (Wildman–Crippen MR) is 90.7 cm³/mol. The van der Waals surface area contributed by atoms with Crippen molar-refractivity contribution in [3.05, 3.63) is 54.1 Å². The minimum Gasteiger partial charge on any atom is -0.433 e. The summed E-state index contributed by atoms with van der Waals surface area (Å²) in [6.07, 6.45) is 0. The van der Waals surface area contributed by atoms with Gasteiger partial charge in [0.25, 0.3) is 0 Å². The first-order chi connectivity index (χ1) is 11.5. The molecule has 0 atom stereocenters. The first-order valence-corrected chi connectivity index (χ1v) is 7.63. The topological polar surface area (TPSA) is 50.4 Å². The maximum absolute atomic E-state index is 12.3. The Morgan fingerprint density at radius 3 is 2.38 bits per heavy atom. The van der Waals surface area contributed by atoms with Gasteiger partial charge in [0.15, 0.2) is 0 Å². The zero-order valence-corrected chi connectivity index (χ0v) is 13.6. The van der Waals surface area contributed by atoms with Gasteiger partial charge in [-0.3, -0.25) is 4.79 Å². The Morgan fingerprint density at radius 1 is 1.08 bits per heavy atom. The fourth-order valence-electron chi connectivity index (χ4n) is 2.14. The predicted octanol–water partition coefficient (Wildman–Crippen LogP) is 4.46. The van der Waals surface area contributed by atoms with Gasteiger partial charge in [-0.15, -0.1) is 0 Å². The van der Waals surface area contributed by atoms with Crippen molar-refractivity contribution in [2.45, 2.75) is 26.4 Å². The third-order valence-electron chi connectivity index (χ3n) is 3.40. The van der Waals surface area contributed by atoms with E-state index in [0.717, 1.165) is 0 Å². The summed E-state index contributed by atoms with van der Waals surface area (Å²) >= 11 is 0. The fourth-order valence-corrected chi connectivity index (χ4v) is 2.14. The molecule has 0 radical (unpaired) electrons. The van der Waals surface area contributed by atoms with Gasteiger partial charge in [0.05, 0.1) is 12.2 Å². The quantitative estimate of drug-likeness (QED) is 0.786. The van der Waals surface area contributed by atoms with Crippen LogP contribution < -0.4 is 15.4 Å². The van der Waals surface area contributed by atoms with E-state index in [1.807, 2.05) is 24.3 Å². The maximum atomic E-state index is 12.3. The Kier molecular flexibility index (Phi) is 6.12. The Morgan fingerprint density at radius 2 is 1.75 bits per heavy atom. The van der Waals surface area contributed by atoms with Crippen molar-refractivity contribution in [1.29, 1.82) is 0 Å². The molecule has 0 aliphatic carbocycles. The number of rotatable bonds is 7. The van der Waals surface area contributed by atoms with Crippen LogP contribution >= 0.6 is 0 Å². The van der Waals surface area contributed by atoms with E-state index < -0.39 is 6.61 Å². The van der Waals surface area contributed by atoms with Crippen LogP contribution in [0.4, 0.5) is 20.2 Å². The molecule has 0 unspecified atom stereocenters. The van der Waals surface area contributed by atoms with E-state index in [1.54, 1.807) is 18.2 Å². The second-order valence-electron chi connectivity index (χ2n) is 5.55. The first kappa shape index (κ1) is 17.7. The van der Waals surface area contributed by atoms with Crippen molar-refractivity contribution < 1.29 is 18.3 Å².